The zero-order chi connectivity index (χ0) is 22.6. The summed E-state index contributed by atoms with van der Waals surface area (Å²) >= 11 is 0. The topological polar surface area (TPSA) is 92.1 Å². The van der Waals surface area contributed by atoms with Crippen LogP contribution in [-0.4, -0.2) is 56.8 Å². The minimum absolute atomic E-state index is 0.0823. The van der Waals surface area contributed by atoms with Gasteiger partial charge in [-0.1, -0.05) is 36.4 Å². The summed E-state index contributed by atoms with van der Waals surface area (Å²) in [6.45, 7) is 5.43. The number of hydrogen-bond acceptors (Lipinski definition) is 7. The first-order valence-corrected chi connectivity index (χ1v) is 11.1. The van der Waals surface area contributed by atoms with Crippen molar-refractivity contribution >= 4 is 28.6 Å². The molecular weight excluding hydrogens is 416 g/mol. The molecule has 0 aliphatic carbocycles. The van der Waals surface area contributed by atoms with Crippen molar-refractivity contribution in [3.63, 3.8) is 0 Å². The van der Waals surface area contributed by atoms with Crippen LogP contribution < -0.4 is 15.1 Å². The van der Waals surface area contributed by atoms with Crippen molar-refractivity contribution in [2.24, 2.45) is 0 Å². The average Bonchev–Trinajstić information content (AvgIpc) is 3.28. The molecule has 1 N–H and O–H groups in total. The van der Waals surface area contributed by atoms with Crippen LogP contribution in [0, 0.1) is 0 Å². The molecule has 1 unspecified atom stereocenters. The number of nitrogens with one attached hydrogen (secondary N) is 1. The predicted molar refractivity (Wildman–Crippen MR) is 127 cm³/mol. The molecule has 1 aliphatic heterocycles. The molecule has 9 heteroatoms. The van der Waals surface area contributed by atoms with E-state index >= 15 is 0 Å². The smallest absolute Gasteiger partial charge is 0.242 e. The summed E-state index contributed by atoms with van der Waals surface area (Å²) in [7, 11) is 0. The van der Waals surface area contributed by atoms with Crippen LogP contribution in [0.3, 0.4) is 0 Å². The highest BCUT2D eigenvalue weighted by Crippen LogP contribution is 2.24. The van der Waals surface area contributed by atoms with E-state index in [1.807, 2.05) is 61.7 Å². The van der Waals surface area contributed by atoms with Gasteiger partial charge >= 0.3 is 0 Å². The lowest BCUT2D eigenvalue weighted by Crippen LogP contribution is -2.47. The average molecular weight is 443 g/mol. The second-order valence-corrected chi connectivity index (χ2v) is 8.10. The summed E-state index contributed by atoms with van der Waals surface area (Å²) in [4.78, 5) is 30.6. The number of benzene rings is 1. The molecule has 9 nitrogen and oxygen atoms in total. The number of fused-ring (bicyclic) bond motifs is 1. The second-order valence-electron chi connectivity index (χ2n) is 8.10. The van der Waals surface area contributed by atoms with Gasteiger partial charge in [0.25, 0.3) is 0 Å². The predicted octanol–water partition coefficient (Wildman–Crippen LogP) is 2.43. The molecule has 1 atom stereocenters. The minimum Gasteiger partial charge on any atom is -0.353 e. The molecule has 1 fully saturated rings. The fraction of sp³-hybridized carbons (Fsp3) is 0.292. The van der Waals surface area contributed by atoms with E-state index < -0.39 is 0 Å². The van der Waals surface area contributed by atoms with E-state index in [4.69, 9.17) is 0 Å². The van der Waals surface area contributed by atoms with Gasteiger partial charge in [0.1, 0.15) is 24.5 Å². The molecule has 3 aromatic heterocycles. The van der Waals surface area contributed by atoms with Crippen LogP contribution in [-0.2, 0) is 11.3 Å². The first-order chi connectivity index (χ1) is 16.2. The quantitative estimate of drug-likeness (QED) is 0.490. The Labute approximate surface area is 192 Å². The maximum absolute atomic E-state index is 12.7. The maximum atomic E-state index is 12.7. The summed E-state index contributed by atoms with van der Waals surface area (Å²) < 4.78 is 1.64. The number of hydrogen-bond donors (Lipinski definition) is 1. The largest absolute Gasteiger partial charge is 0.353 e. The maximum Gasteiger partial charge on any atom is 0.242 e. The first kappa shape index (κ1) is 20.9. The van der Waals surface area contributed by atoms with E-state index in [0.29, 0.717) is 5.65 Å². The van der Waals surface area contributed by atoms with Crippen molar-refractivity contribution in [2.45, 2.75) is 19.5 Å². The summed E-state index contributed by atoms with van der Waals surface area (Å²) in [5.41, 5.74) is 1.72. The van der Waals surface area contributed by atoms with Crippen molar-refractivity contribution < 1.29 is 4.79 Å². The lowest BCUT2D eigenvalue weighted by Gasteiger charge is -2.36. The molecule has 168 valence electrons. The van der Waals surface area contributed by atoms with Gasteiger partial charge in [0.05, 0.1) is 17.6 Å². The van der Waals surface area contributed by atoms with Crippen LogP contribution in [0.15, 0.2) is 67.3 Å². The number of pyridine rings is 1. The third-order valence-electron chi connectivity index (χ3n) is 5.94. The molecule has 0 spiro atoms. The fourth-order valence-corrected chi connectivity index (χ4v) is 4.18. The van der Waals surface area contributed by atoms with Crippen LogP contribution >= 0.6 is 0 Å². The van der Waals surface area contributed by atoms with Crippen molar-refractivity contribution in [2.75, 3.05) is 36.0 Å². The van der Waals surface area contributed by atoms with E-state index in [1.54, 1.807) is 17.2 Å². The first-order valence-electron chi connectivity index (χ1n) is 11.1. The number of rotatable bonds is 6. The Morgan fingerprint density at radius 3 is 2.48 bits per heavy atom. The molecule has 0 saturated carbocycles. The van der Waals surface area contributed by atoms with Crippen LogP contribution in [0.1, 0.15) is 18.5 Å². The summed E-state index contributed by atoms with van der Waals surface area (Å²) in [6, 6.07) is 15.8. The minimum atomic E-state index is -0.111. The van der Waals surface area contributed by atoms with Gasteiger partial charge in [-0.15, -0.1) is 0 Å². The number of nitrogens with zero attached hydrogens (tertiary/aromatic N) is 7. The van der Waals surface area contributed by atoms with Gasteiger partial charge in [0, 0.05) is 32.4 Å². The zero-order valence-corrected chi connectivity index (χ0v) is 18.5. The third-order valence-corrected chi connectivity index (χ3v) is 5.94. The second kappa shape index (κ2) is 9.23. The molecule has 0 bridgehead atoms. The molecule has 1 amide bonds. The Morgan fingerprint density at radius 1 is 0.970 bits per heavy atom. The van der Waals surface area contributed by atoms with Gasteiger partial charge in [-0.05, 0) is 24.6 Å². The van der Waals surface area contributed by atoms with Gasteiger partial charge in [0.15, 0.2) is 5.65 Å². The van der Waals surface area contributed by atoms with E-state index in [0.717, 1.165) is 48.8 Å². The van der Waals surface area contributed by atoms with Crippen molar-refractivity contribution in [1.82, 2.24) is 30.0 Å². The highest BCUT2D eigenvalue weighted by Gasteiger charge is 2.22. The number of aromatic nitrogens is 5. The standard InChI is InChI=1S/C24H26N8O/c1-18(19-7-3-2-4-8-19)29-22(33)16-32-24-20(15-28-32)23(26-17-27-24)31-13-11-30(12-14-31)21-9-5-6-10-25-21/h2-10,15,17-18H,11-14,16H2,1H3,(H,29,33). The fourth-order valence-electron chi connectivity index (χ4n) is 4.18. The van der Waals surface area contributed by atoms with Gasteiger partial charge in [0.2, 0.25) is 5.91 Å². The molecule has 1 aliphatic rings. The summed E-state index contributed by atoms with van der Waals surface area (Å²) in [5.74, 6) is 1.74. The summed E-state index contributed by atoms with van der Waals surface area (Å²) in [6.07, 6.45) is 5.12. The van der Waals surface area contributed by atoms with Gasteiger partial charge in [-0.3, -0.25) is 4.79 Å². The van der Waals surface area contributed by atoms with E-state index in [9.17, 15) is 4.79 Å². The Hall–Kier alpha value is -4.01. The van der Waals surface area contributed by atoms with Crippen LogP contribution in [0.4, 0.5) is 11.6 Å². The Bertz CT molecular complexity index is 1220. The molecule has 5 rings (SSSR count). The Balaban J connectivity index is 1.27. The number of piperazine rings is 1. The van der Waals surface area contributed by atoms with Gasteiger partial charge in [-0.2, -0.15) is 5.10 Å². The molecular formula is C24H26N8O. The monoisotopic (exact) mass is 442 g/mol. The molecule has 0 radical (unpaired) electrons. The number of carbonyl (C=O) groups is 1. The lowest BCUT2D eigenvalue weighted by molar-refractivity contribution is -0.122. The van der Waals surface area contributed by atoms with E-state index in [2.05, 4.69) is 35.2 Å². The molecule has 33 heavy (non-hydrogen) atoms. The number of amides is 1. The highest BCUT2D eigenvalue weighted by molar-refractivity contribution is 5.88. The number of anilines is 2. The van der Waals surface area contributed by atoms with E-state index in [1.165, 1.54) is 0 Å². The number of carbonyl (C=O) groups excluding carboxylic acids is 1. The van der Waals surface area contributed by atoms with Crippen LogP contribution in [0.25, 0.3) is 11.0 Å². The van der Waals surface area contributed by atoms with E-state index in [-0.39, 0.29) is 18.5 Å². The zero-order valence-electron chi connectivity index (χ0n) is 18.5. The van der Waals surface area contributed by atoms with Crippen LogP contribution in [0.2, 0.25) is 0 Å². The van der Waals surface area contributed by atoms with Gasteiger partial charge < -0.3 is 15.1 Å². The molecule has 1 saturated heterocycles. The molecule has 4 aromatic rings. The lowest BCUT2D eigenvalue weighted by atomic mass is 10.1. The normalized spacial score (nSPS) is 14.9. The summed E-state index contributed by atoms with van der Waals surface area (Å²) in [5, 5.41) is 8.33. The SMILES string of the molecule is CC(NC(=O)Cn1ncc2c(N3CCN(c4ccccn4)CC3)ncnc21)c1ccccc1. The van der Waals surface area contributed by atoms with Crippen LogP contribution in [0.5, 0.6) is 0 Å². The third kappa shape index (κ3) is 4.48. The van der Waals surface area contributed by atoms with Crippen molar-refractivity contribution in [3.8, 4) is 0 Å². The molecule has 4 heterocycles. The Kier molecular flexibility index (Phi) is 5.84. The Morgan fingerprint density at radius 2 is 1.73 bits per heavy atom. The highest BCUT2D eigenvalue weighted by atomic mass is 16.2. The molecule has 1 aromatic carbocycles. The van der Waals surface area contributed by atoms with Crippen molar-refractivity contribution in [3.05, 3.63) is 72.8 Å². The van der Waals surface area contributed by atoms with Gasteiger partial charge in [-0.25, -0.2) is 19.6 Å². The van der Waals surface area contributed by atoms with Crippen molar-refractivity contribution in [1.29, 1.82) is 0 Å².